The van der Waals surface area contributed by atoms with Crippen LogP contribution in [-0.4, -0.2) is 107 Å². The normalized spacial score (nSPS) is 14.0. The Bertz CT molecular complexity index is 468. The van der Waals surface area contributed by atoms with Crippen molar-refractivity contribution >= 4 is 15.4 Å². The van der Waals surface area contributed by atoms with Crippen LogP contribution in [0, 0.1) is 0 Å². The number of rotatable bonds is 19. The number of hydrogen-bond donors (Lipinski definition) is 0. The average molecular weight is 510 g/mol. The van der Waals surface area contributed by atoms with E-state index in [1.165, 1.54) is 0 Å². The predicted molar refractivity (Wildman–Crippen MR) is 155 cm³/mol. The first-order valence-electron chi connectivity index (χ1n) is 14.0. The van der Waals surface area contributed by atoms with Gasteiger partial charge in [-0.2, -0.15) is 0 Å². The summed E-state index contributed by atoms with van der Waals surface area (Å²) in [6.45, 7) is 40.4. The van der Waals surface area contributed by atoms with Crippen LogP contribution < -0.4 is 0 Å². The molecule has 0 amide bonds. The molecular weight excluding hydrogens is 448 g/mol. The van der Waals surface area contributed by atoms with E-state index in [9.17, 15) is 0 Å². The third-order valence-corrected chi connectivity index (χ3v) is 17.7. The second kappa shape index (κ2) is 17.0. The monoisotopic (exact) mass is 509 g/mol. The maximum atomic E-state index is 6.40. The van der Waals surface area contributed by atoms with Gasteiger partial charge in [-0.1, -0.05) is 0 Å². The van der Waals surface area contributed by atoms with Gasteiger partial charge in [0, 0.05) is 0 Å². The molecule has 33 heavy (non-hydrogen) atoms. The number of hydrogen-bond acceptors (Lipinski definition) is 4. The molecule has 0 N–H and O–H groups in total. The Morgan fingerprint density at radius 3 is 0.758 bits per heavy atom. The van der Waals surface area contributed by atoms with Gasteiger partial charge in [-0.05, 0) is 0 Å². The van der Waals surface area contributed by atoms with Crippen molar-refractivity contribution in [2.45, 2.75) is 83.1 Å². The Kier molecular flexibility index (Phi) is 17.2. The van der Waals surface area contributed by atoms with Crippen molar-refractivity contribution in [2.24, 2.45) is 4.52 Å². The Labute approximate surface area is 209 Å². The van der Waals surface area contributed by atoms with E-state index >= 15 is 0 Å². The summed E-state index contributed by atoms with van der Waals surface area (Å²) in [6.07, 6.45) is 0. The molecule has 7 nitrogen and oxygen atoms in total. The van der Waals surface area contributed by atoms with E-state index in [1.54, 1.807) is 0 Å². The molecule has 0 aliphatic carbocycles. The molecule has 0 aliphatic rings. The summed E-state index contributed by atoms with van der Waals surface area (Å²) in [5.74, 6) is 0. The second-order valence-electron chi connectivity index (χ2n) is 8.17. The molecule has 0 saturated carbocycles. The van der Waals surface area contributed by atoms with Crippen LogP contribution in [0.2, 0.25) is 0 Å². The minimum absolute atomic E-state index is 1.03. The van der Waals surface area contributed by atoms with Gasteiger partial charge in [0.05, 0.1) is 0 Å². The molecule has 0 aromatic heterocycles. The van der Waals surface area contributed by atoms with E-state index in [1.807, 2.05) is 0 Å². The summed E-state index contributed by atoms with van der Waals surface area (Å²) >= 11 is 0. The Morgan fingerprint density at radius 1 is 0.394 bits per heavy atom. The second-order valence-corrected chi connectivity index (χ2v) is 14.8. The van der Waals surface area contributed by atoms with Crippen molar-refractivity contribution in [3.8, 4) is 0 Å². The van der Waals surface area contributed by atoms with Gasteiger partial charge in [0.15, 0.2) is 0 Å². The molecule has 9 heteroatoms. The van der Waals surface area contributed by atoms with E-state index in [0.29, 0.717) is 0 Å². The van der Waals surface area contributed by atoms with Crippen LogP contribution in [0.15, 0.2) is 4.52 Å². The first kappa shape index (κ1) is 33.4. The molecule has 0 atom stereocenters. The van der Waals surface area contributed by atoms with Crippen LogP contribution in [0.5, 0.6) is 0 Å². The fourth-order valence-corrected chi connectivity index (χ4v) is 17.0. The van der Waals surface area contributed by atoms with Crippen LogP contribution in [0.3, 0.4) is 0 Å². The van der Waals surface area contributed by atoms with Crippen LogP contribution in [0.4, 0.5) is 0 Å². The zero-order valence-corrected chi connectivity index (χ0v) is 26.5. The zero-order valence-electron chi connectivity index (χ0n) is 24.6. The zero-order chi connectivity index (χ0) is 25.7. The average Bonchev–Trinajstić information content (AvgIpc) is 2.83. The molecule has 0 radical (unpaired) electrons. The maximum absolute atomic E-state index is 6.40. The van der Waals surface area contributed by atoms with Gasteiger partial charge in [-0.25, -0.2) is 0 Å². The minimum atomic E-state index is -2.56. The van der Waals surface area contributed by atoms with Crippen LogP contribution >= 0.6 is 15.4 Å². The predicted octanol–water partition coefficient (Wildman–Crippen LogP) is 6.39. The van der Waals surface area contributed by atoms with Gasteiger partial charge in [0.2, 0.25) is 0 Å². The first-order valence-corrected chi connectivity index (χ1v) is 17.4. The molecule has 0 fully saturated rings. The van der Waals surface area contributed by atoms with Gasteiger partial charge < -0.3 is 0 Å². The van der Waals surface area contributed by atoms with E-state index in [2.05, 4.69) is 111 Å². The molecule has 0 unspecified atom stereocenters. The van der Waals surface area contributed by atoms with Crippen LogP contribution in [0.1, 0.15) is 83.1 Å². The topological polar surface area (TPSA) is 31.8 Å². The third-order valence-electron chi connectivity index (χ3n) is 7.16. The van der Waals surface area contributed by atoms with Crippen LogP contribution in [0.25, 0.3) is 0 Å². The van der Waals surface area contributed by atoms with Crippen molar-refractivity contribution in [3.05, 3.63) is 0 Å². The van der Waals surface area contributed by atoms with E-state index in [4.69, 9.17) is 4.52 Å². The van der Waals surface area contributed by atoms with Gasteiger partial charge in [-0.15, -0.1) is 0 Å². The molecule has 0 spiro atoms. The quantitative estimate of drug-likeness (QED) is 0.188. The summed E-state index contributed by atoms with van der Waals surface area (Å²) in [4.78, 5) is 0. The molecule has 0 heterocycles. The summed E-state index contributed by atoms with van der Waals surface area (Å²) in [5, 5.41) is 0. The third kappa shape index (κ3) is 6.80. The Hall–Kier alpha value is 0.420. The molecule has 0 bridgehead atoms. The molecule has 0 saturated heterocycles. The van der Waals surface area contributed by atoms with Crippen molar-refractivity contribution in [1.29, 1.82) is 0 Å². The molecule has 0 aromatic rings. The summed E-state index contributed by atoms with van der Waals surface area (Å²) < 4.78 is 22.8. The summed E-state index contributed by atoms with van der Waals surface area (Å²) in [7, 11) is -4.68. The van der Waals surface area contributed by atoms with Crippen molar-refractivity contribution in [2.75, 3.05) is 78.5 Å². The summed E-state index contributed by atoms with van der Waals surface area (Å²) in [5.41, 5.74) is 0. The van der Waals surface area contributed by atoms with Crippen molar-refractivity contribution < 1.29 is 0 Å². The van der Waals surface area contributed by atoms with E-state index < -0.39 is 15.4 Å². The molecule has 0 rings (SSSR count). The standard InChI is InChI=1S/C24H61N7P2/c1-13-26(14-2)32(27(15-3)16-4,28(17-5)18-6)25-33(29(19-7)20-8,30(21-9)22-10)31(23-11)24-12/h32H,13-24H2,1-12H3. The Morgan fingerprint density at radius 2 is 0.606 bits per heavy atom. The fraction of sp³-hybridized carbons (Fsp3) is 1.00. The van der Waals surface area contributed by atoms with E-state index in [0.717, 1.165) is 78.5 Å². The van der Waals surface area contributed by atoms with Gasteiger partial charge in [0.1, 0.15) is 0 Å². The van der Waals surface area contributed by atoms with Crippen LogP contribution in [-0.2, 0) is 0 Å². The van der Waals surface area contributed by atoms with Crippen molar-refractivity contribution in [1.82, 2.24) is 28.0 Å². The SMILES string of the molecule is CCN(CC)P(=N[PH](N(CC)CC)(N(CC)CC)N(CC)CC)(N(CC)CC)N(CC)CC. The van der Waals surface area contributed by atoms with Gasteiger partial charge in [-0.3, -0.25) is 0 Å². The fourth-order valence-electron chi connectivity index (χ4n) is 5.45. The van der Waals surface area contributed by atoms with Gasteiger partial charge in [0.25, 0.3) is 0 Å². The van der Waals surface area contributed by atoms with E-state index in [-0.39, 0.29) is 0 Å². The molecule has 0 aromatic carbocycles. The molecular formula is C24H61N7P2. The molecule has 202 valence electrons. The van der Waals surface area contributed by atoms with Crippen molar-refractivity contribution in [3.63, 3.8) is 0 Å². The van der Waals surface area contributed by atoms with Gasteiger partial charge >= 0.3 is 210 Å². The Balaban J connectivity index is 8.05. The first-order chi connectivity index (χ1) is 15.8. The summed E-state index contributed by atoms with van der Waals surface area (Å²) in [6, 6.07) is 0. The number of nitrogens with zero attached hydrogens (tertiary/aromatic N) is 7. The molecule has 0 aliphatic heterocycles.